The lowest BCUT2D eigenvalue weighted by Crippen LogP contribution is -2.12. The van der Waals surface area contributed by atoms with E-state index in [-0.39, 0.29) is 0 Å². The average molecular weight is 270 g/mol. The third-order valence-corrected chi connectivity index (χ3v) is 3.36. The van der Waals surface area contributed by atoms with Crippen molar-refractivity contribution in [1.82, 2.24) is 0 Å². The molecule has 0 radical (unpaired) electrons. The molecular formula is C17H18O3. The van der Waals surface area contributed by atoms with Crippen molar-refractivity contribution in [2.75, 3.05) is 7.11 Å². The third-order valence-electron chi connectivity index (χ3n) is 3.36. The number of hydrogen-bond acceptors (Lipinski definition) is 2. The summed E-state index contributed by atoms with van der Waals surface area (Å²) >= 11 is 0. The quantitative estimate of drug-likeness (QED) is 0.874. The van der Waals surface area contributed by atoms with Crippen LogP contribution in [0.1, 0.15) is 23.5 Å². The van der Waals surface area contributed by atoms with Crippen LogP contribution in [-0.4, -0.2) is 18.2 Å². The zero-order valence-electron chi connectivity index (χ0n) is 11.5. The standard InChI is InChI=1S/C17H18O3/c1-20-15-9-5-8-14(12-15)16(17(18)19)11-10-13-6-3-2-4-7-13/h2-9,12,16H,10-11H2,1H3,(H,18,19). The lowest BCUT2D eigenvalue weighted by Gasteiger charge is -2.13. The number of rotatable bonds is 6. The molecular weight excluding hydrogens is 252 g/mol. The van der Waals surface area contributed by atoms with Gasteiger partial charge in [-0.15, -0.1) is 0 Å². The van der Waals surface area contributed by atoms with Gasteiger partial charge in [-0.3, -0.25) is 4.79 Å². The summed E-state index contributed by atoms with van der Waals surface area (Å²) in [5.41, 5.74) is 1.94. The van der Waals surface area contributed by atoms with E-state index in [1.165, 1.54) is 0 Å². The molecule has 0 spiro atoms. The molecule has 0 aliphatic rings. The highest BCUT2D eigenvalue weighted by molar-refractivity contribution is 5.76. The zero-order valence-corrected chi connectivity index (χ0v) is 11.5. The molecule has 1 unspecified atom stereocenters. The van der Waals surface area contributed by atoms with E-state index >= 15 is 0 Å². The van der Waals surface area contributed by atoms with Crippen LogP contribution in [0.25, 0.3) is 0 Å². The summed E-state index contributed by atoms with van der Waals surface area (Å²) in [7, 11) is 1.58. The molecule has 0 saturated carbocycles. The van der Waals surface area contributed by atoms with Gasteiger partial charge in [0.2, 0.25) is 0 Å². The van der Waals surface area contributed by atoms with Crippen LogP contribution >= 0.6 is 0 Å². The van der Waals surface area contributed by atoms with Crippen molar-refractivity contribution in [3.63, 3.8) is 0 Å². The Bertz CT molecular complexity index is 563. The molecule has 0 heterocycles. The number of aliphatic carboxylic acids is 1. The minimum absolute atomic E-state index is 0.509. The third kappa shape index (κ3) is 3.60. The largest absolute Gasteiger partial charge is 0.497 e. The van der Waals surface area contributed by atoms with Crippen molar-refractivity contribution in [3.05, 3.63) is 65.7 Å². The van der Waals surface area contributed by atoms with Gasteiger partial charge < -0.3 is 9.84 Å². The van der Waals surface area contributed by atoms with Gasteiger partial charge in [0.25, 0.3) is 0 Å². The molecule has 0 bridgehead atoms. The number of carboxylic acids is 1. The summed E-state index contributed by atoms with van der Waals surface area (Å²) in [5.74, 6) is -0.618. The van der Waals surface area contributed by atoms with Gasteiger partial charge >= 0.3 is 5.97 Å². The maximum atomic E-state index is 11.5. The van der Waals surface area contributed by atoms with Crippen molar-refractivity contribution in [2.24, 2.45) is 0 Å². The molecule has 0 amide bonds. The molecule has 0 aliphatic carbocycles. The molecule has 0 fully saturated rings. The number of aryl methyl sites for hydroxylation is 1. The van der Waals surface area contributed by atoms with Crippen LogP contribution < -0.4 is 4.74 Å². The average Bonchev–Trinajstić information content (AvgIpc) is 2.48. The van der Waals surface area contributed by atoms with Gasteiger partial charge in [-0.25, -0.2) is 0 Å². The van der Waals surface area contributed by atoms with E-state index in [1.807, 2.05) is 48.5 Å². The van der Waals surface area contributed by atoms with E-state index in [9.17, 15) is 9.90 Å². The maximum Gasteiger partial charge on any atom is 0.310 e. The Morgan fingerprint density at radius 1 is 1.15 bits per heavy atom. The summed E-state index contributed by atoms with van der Waals surface area (Å²) in [6, 6.07) is 17.2. The molecule has 2 aromatic carbocycles. The van der Waals surface area contributed by atoms with E-state index in [0.29, 0.717) is 12.2 Å². The minimum atomic E-state index is -0.797. The Balaban J connectivity index is 2.12. The predicted octanol–water partition coefficient (Wildman–Crippen LogP) is 3.50. The Kier molecular flexibility index (Phi) is 4.77. The fraction of sp³-hybridized carbons (Fsp3) is 0.235. The Morgan fingerprint density at radius 2 is 1.90 bits per heavy atom. The van der Waals surface area contributed by atoms with Gasteiger partial charge in [-0.1, -0.05) is 42.5 Å². The summed E-state index contributed by atoms with van der Waals surface area (Å²) in [5, 5.41) is 9.43. The first-order valence-electron chi connectivity index (χ1n) is 6.61. The lowest BCUT2D eigenvalue weighted by atomic mass is 9.92. The van der Waals surface area contributed by atoms with Gasteiger partial charge in [0, 0.05) is 0 Å². The second kappa shape index (κ2) is 6.75. The number of ether oxygens (including phenoxy) is 1. The molecule has 0 aliphatic heterocycles. The number of methoxy groups -OCH3 is 1. The topological polar surface area (TPSA) is 46.5 Å². The monoisotopic (exact) mass is 270 g/mol. The fourth-order valence-corrected chi connectivity index (χ4v) is 2.25. The lowest BCUT2D eigenvalue weighted by molar-refractivity contribution is -0.138. The van der Waals surface area contributed by atoms with Crippen molar-refractivity contribution >= 4 is 5.97 Å². The fourth-order valence-electron chi connectivity index (χ4n) is 2.25. The number of benzene rings is 2. The van der Waals surface area contributed by atoms with Crippen molar-refractivity contribution in [3.8, 4) is 5.75 Å². The van der Waals surface area contributed by atoms with Crippen LogP contribution in [0.4, 0.5) is 0 Å². The number of carbonyl (C=O) groups is 1. The molecule has 0 saturated heterocycles. The minimum Gasteiger partial charge on any atom is -0.497 e. The van der Waals surface area contributed by atoms with Crippen LogP contribution in [-0.2, 0) is 11.2 Å². The van der Waals surface area contributed by atoms with E-state index in [2.05, 4.69) is 0 Å². The molecule has 3 heteroatoms. The summed E-state index contributed by atoms with van der Waals surface area (Å²) < 4.78 is 5.15. The zero-order chi connectivity index (χ0) is 14.4. The molecule has 1 atom stereocenters. The van der Waals surface area contributed by atoms with Gasteiger partial charge in [-0.05, 0) is 36.1 Å². The summed E-state index contributed by atoms with van der Waals surface area (Å²) in [6.07, 6.45) is 1.32. The Labute approximate surface area is 118 Å². The molecule has 1 N–H and O–H groups in total. The van der Waals surface area contributed by atoms with Crippen molar-refractivity contribution < 1.29 is 14.6 Å². The van der Waals surface area contributed by atoms with Crippen LogP contribution in [0.2, 0.25) is 0 Å². The van der Waals surface area contributed by atoms with E-state index in [0.717, 1.165) is 17.5 Å². The normalized spacial score (nSPS) is 11.8. The first-order chi connectivity index (χ1) is 9.70. The second-order valence-corrected chi connectivity index (χ2v) is 4.69. The van der Waals surface area contributed by atoms with Gasteiger partial charge in [-0.2, -0.15) is 0 Å². The Morgan fingerprint density at radius 3 is 2.55 bits per heavy atom. The van der Waals surface area contributed by atoms with E-state index < -0.39 is 11.9 Å². The van der Waals surface area contributed by atoms with Crippen LogP contribution in [0, 0.1) is 0 Å². The molecule has 3 nitrogen and oxygen atoms in total. The van der Waals surface area contributed by atoms with Crippen LogP contribution in [0.5, 0.6) is 5.75 Å². The van der Waals surface area contributed by atoms with Gasteiger partial charge in [0.1, 0.15) is 5.75 Å². The Hall–Kier alpha value is -2.29. The highest BCUT2D eigenvalue weighted by Gasteiger charge is 2.20. The predicted molar refractivity (Wildman–Crippen MR) is 78.1 cm³/mol. The molecule has 2 rings (SSSR count). The first-order valence-corrected chi connectivity index (χ1v) is 6.61. The SMILES string of the molecule is COc1cccc(C(CCc2ccccc2)C(=O)O)c1. The highest BCUT2D eigenvalue weighted by Crippen LogP contribution is 2.25. The molecule has 104 valence electrons. The molecule has 0 aromatic heterocycles. The molecule has 2 aromatic rings. The highest BCUT2D eigenvalue weighted by atomic mass is 16.5. The maximum absolute atomic E-state index is 11.5. The smallest absolute Gasteiger partial charge is 0.310 e. The van der Waals surface area contributed by atoms with Crippen LogP contribution in [0.15, 0.2) is 54.6 Å². The van der Waals surface area contributed by atoms with Crippen molar-refractivity contribution in [1.29, 1.82) is 0 Å². The van der Waals surface area contributed by atoms with Crippen LogP contribution in [0.3, 0.4) is 0 Å². The summed E-state index contributed by atoms with van der Waals surface area (Å²) in [4.78, 5) is 11.5. The second-order valence-electron chi connectivity index (χ2n) is 4.69. The molecule has 20 heavy (non-hydrogen) atoms. The van der Waals surface area contributed by atoms with E-state index in [1.54, 1.807) is 13.2 Å². The van der Waals surface area contributed by atoms with E-state index in [4.69, 9.17) is 4.74 Å². The van der Waals surface area contributed by atoms with Gasteiger partial charge in [0.05, 0.1) is 13.0 Å². The van der Waals surface area contributed by atoms with Gasteiger partial charge in [0.15, 0.2) is 0 Å². The number of carboxylic acid groups (broad SMARTS) is 1. The first kappa shape index (κ1) is 14.1. The number of hydrogen-bond donors (Lipinski definition) is 1. The summed E-state index contributed by atoms with van der Waals surface area (Å²) in [6.45, 7) is 0. The van der Waals surface area contributed by atoms with Crippen molar-refractivity contribution in [2.45, 2.75) is 18.8 Å².